The third-order valence-corrected chi connectivity index (χ3v) is 5.67. The highest BCUT2D eigenvalue weighted by atomic mass is 16.5. The quantitative estimate of drug-likeness (QED) is 0.342. The van der Waals surface area contributed by atoms with Crippen molar-refractivity contribution in [1.82, 2.24) is 0 Å². The molecule has 2 aromatic rings. The van der Waals surface area contributed by atoms with Crippen LogP contribution in [0.5, 0.6) is 11.5 Å². The molecule has 0 saturated heterocycles. The molecule has 1 N–H and O–H groups in total. The highest BCUT2D eigenvalue weighted by Crippen LogP contribution is 2.42. The zero-order valence-corrected chi connectivity index (χ0v) is 19.9. The van der Waals surface area contributed by atoms with Crippen LogP contribution in [-0.4, -0.2) is 11.1 Å². The molecule has 3 nitrogen and oxygen atoms in total. The maximum Gasteiger partial charge on any atom is 0.335 e. The molecule has 162 valence electrons. The fraction of sp³-hybridized carbons (Fsp3) is 0.444. The van der Waals surface area contributed by atoms with Gasteiger partial charge in [-0.25, -0.2) is 4.79 Å². The van der Waals surface area contributed by atoms with Crippen LogP contribution in [0.15, 0.2) is 36.9 Å². The topological polar surface area (TPSA) is 46.5 Å². The first-order valence-corrected chi connectivity index (χ1v) is 10.5. The number of aromatic hydroxyl groups is 1. The molecule has 2 rings (SSSR count). The molecule has 0 amide bonds. The summed E-state index contributed by atoms with van der Waals surface area (Å²) in [5.74, 6) is 0.174. The Balaban J connectivity index is 2.78. The van der Waals surface area contributed by atoms with E-state index in [1.807, 2.05) is 26.8 Å². The summed E-state index contributed by atoms with van der Waals surface area (Å²) in [6.07, 6.45) is 1.17. The van der Waals surface area contributed by atoms with Gasteiger partial charge in [0.25, 0.3) is 0 Å². The summed E-state index contributed by atoms with van der Waals surface area (Å²) in [6, 6.07) is 8.28. The smallest absolute Gasteiger partial charge is 0.335 e. The molecule has 0 aliphatic heterocycles. The van der Waals surface area contributed by atoms with Crippen LogP contribution in [0.2, 0.25) is 0 Å². The largest absolute Gasteiger partial charge is 0.507 e. The zero-order valence-electron chi connectivity index (χ0n) is 19.9. The van der Waals surface area contributed by atoms with Gasteiger partial charge in [-0.1, -0.05) is 79.3 Å². The predicted molar refractivity (Wildman–Crippen MR) is 125 cm³/mol. The third-order valence-electron chi connectivity index (χ3n) is 5.67. The Morgan fingerprint density at radius 2 is 1.40 bits per heavy atom. The Kier molecular flexibility index (Phi) is 6.56. The fourth-order valence-electron chi connectivity index (χ4n) is 3.58. The van der Waals surface area contributed by atoms with E-state index in [4.69, 9.17) is 4.74 Å². The number of esters is 1. The summed E-state index contributed by atoms with van der Waals surface area (Å²) in [5, 5.41) is 10.9. The van der Waals surface area contributed by atoms with E-state index in [1.54, 1.807) is 0 Å². The first-order valence-electron chi connectivity index (χ1n) is 10.5. The molecule has 0 aliphatic carbocycles. The van der Waals surface area contributed by atoms with Gasteiger partial charge >= 0.3 is 5.97 Å². The molecule has 0 heterocycles. The van der Waals surface area contributed by atoms with Gasteiger partial charge in [-0.3, -0.25) is 0 Å². The zero-order chi connectivity index (χ0) is 23.0. The fourth-order valence-corrected chi connectivity index (χ4v) is 3.58. The van der Waals surface area contributed by atoms with Crippen LogP contribution in [0.1, 0.15) is 87.8 Å². The monoisotopic (exact) mass is 408 g/mol. The van der Waals surface area contributed by atoms with Gasteiger partial charge < -0.3 is 9.84 Å². The molecule has 0 bridgehead atoms. The average molecular weight is 409 g/mol. The number of hydrogen-bond donors (Lipinski definition) is 1. The minimum Gasteiger partial charge on any atom is -0.507 e. The molecule has 2 aromatic carbocycles. The molecular weight excluding hydrogens is 372 g/mol. The van der Waals surface area contributed by atoms with Crippen LogP contribution in [0, 0.1) is 13.8 Å². The van der Waals surface area contributed by atoms with Crippen molar-refractivity contribution >= 4 is 5.97 Å². The van der Waals surface area contributed by atoms with Gasteiger partial charge in [0, 0.05) is 23.1 Å². The second kappa shape index (κ2) is 8.29. The molecule has 0 fully saturated rings. The van der Waals surface area contributed by atoms with E-state index in [9.17, 15) is 9.90 Å². The maximum absolute atomic E-state index is 12.0. The highest BCUT2D eigenvalue weighted by Gasteiger charge is 2.26. The lowest BCUT2D eigenvalue weighted by molar-refractivity contribution is -0.129. The van der Waals surface area contributed by atoms with Crippen LogP contribution in [-0.2, 0) is 15.6 Å². The SMILES string of the molecule is C=CC(=O)Oc1c(C)cc(C(C)(C)C)cc1C(C)c1cc(C(C)(C)C)cc(C)c1O. The first kappa shape index (κ1) is 23.7. The second-order valence-corrected chi connectivity index (χ2v) is 10.3. The molecule has 1 unspecified atom stereocenters. The van der Waals surface area contributed by atoms with E-state index in [2.05, 4.69) is 66.3 Å². The Bertz CT molecular complexity index is 969. The second-order valence-electron chi connectivity index (χ2n) is 10.3. The Morgan fingerprint density at radius 3 is 1.87 bits per heavy atom. The van der Waals surface area contributed by atoms with Gasteiger partial charge in [0.2, 0.25) is 0 Å². The standard InChI is InChI=1S/C27H36O3/c1-11-23(28)30-25-17(3)13-20(27(8,9)10)15-22(25)18(4)21-14-19(26(5,6)7)12-16(2)24(21)29/h11-15,18,29H,1H2,2-10H3. The Labute approximate surface area is 181 Å². The number of phenolic OH excluding ortho intramolecular Hbond substituents is 1. The number of carbonyl (C=O) groups is 1. The molecule has 3 heteroatoms. The normalized spacial score (nSPS) is 13.1. The Morgan fingerprint density at radius 1 is 0.933 bits per heavy atom. The summed E-state index contributed by atoms with van der Waals surface area (Å²) in [6.45, 7) is 22.4. The van der Waals surface area contributed by atoms with Crippen molar-refractivity contribution in [3.63, 3.8) is 0 Å². The minimum atomic E-state index is -0.487. The molecule has 0 aliphatic rings. The molecule has 0 radical (unpaired) electrons. The minimum absolute atomic E-state index is 0.0474. The highest BCUT2D eigenvalue weighted by molar-refractivity contribution is 5.84. The number of rotatable bonds is 4. The van der Waals surface area contributed by atoms with Gasteiger partial charge in [0.05, 0.1) is 0 Å². The summed E-state index contributed by atoms with van der Waals surface area (Å²) in [5.41, 5.74) is 5.66. The number of benzene rings is 2. The van der Waals surface area contributed by atoms with E-state index in [-0.39, 0.29) is 22.5 Å². The number of aryl methyl sites for hydroxylation is 2. The molecule has 0 saturated carbocycles. The molecule has 0 spiro atoms. The van der Waals surface area contributed by atoms with Gasteiger partial charge in [-0.05, 0) is 46.9 Å². The van der Waals surface area contributed by atoms with Gasteiger partial charge in [-0.2, -0.15) is 0 Å². The number of phenols is 1. The van der Waals surface area contributed by atoms with Crippen LogP contribution in [0.3, 0.4) is 0 Å². The number of hydrogen-bond acceptors (Lipinski definition) is 3. The van der Waals surface area contributed by atoms with E-state index in [0.29, 0.717) is 5.75 Å². The van der Waals surface area contributed by atoms with E-state index in [0.717, 1.165) is 33.4 Å². The van der Waals surface area contributed by atoms with E-state index >= 15 is 0 Å². The lowest BCUT2D eigenvalue weighted by atomic mass is 9.79. The van der Waals surface area contributed by atoms with Gasteiger partial charge in [-0.15, -0.1) is 0 Å². The van der Waals surface area contributed by atoms with Crippen LogP contribution in [0.25, 0.3) is 0 Å². The number of ether oxygens (including phenoxy) is 1. The van der Waals surface area contributed by atoms with E-state index in [1.165, 1.54) is 6.08 Å². The predicted octanol–water partition coefficient (Wildman–Crippen LogP) is 6.85. The van der Waals surface area contributed by atoms with Crippen molar-refractivity contribution in [2.24, 2.45) is 0 Å². The number of carbonyl (C=O) groups excluding carboxylic acids is 1. The van der Waals surface area contributed by atoms with Crippen molar-refractivity contribution < 1.29 is 14.6 Å². The molecule has 30 heavy (non-hydrogen) atoms. The first-order chi connectivity index (χ1) is 13.7. The van der Waals surface area contributed by atoms with Gasteiger partial charge in [0.15, 0.2) is 0 Å². The van der Waals surface area contributed by atoms with Crippen LogP contribution >= 0.6 is 0 Å². The third kappa shape index (κ3) is 4.95. The van der Waals surface area contributed by atoms with E-state index < -0.39 is 5.97 Å². The van der Waals surface area contributed by atoms with Crippen molar-refractivity contribution in [2.45, 2.75) is 79.1 Å². The lowest BCUT2D eigenvalue weighted by Gasteiger charge is -2.27. The van der Waals surface area contributed by atoms with Crippen molar-refractivity contribution in [3.05, 3.63) is 70.3 Å². The summed E-state index contributed by atoms with van der Waals surface area (Å²) in [4.78, 5) is 12.0. The summed E-state index contributed by atoms with van der Waals surface area (Å²) >= 11 is 0. The van der Waals surface area contributed by atoms with Crippen molar-refractivity contribution in [2.75, 3.05) is 0 Å². The molecular formula is C27H36O3. The molecule has 1 atom stereocenters. The Hall–Kier alpha value is -2.55. The van der Waals surface area contributed by atoms with Crippen LogP contribution < -0.4 is 4.74 Å². The average Bonchev–Trinajstić information content (AvgIpc) is 2.62. The van der Waals surface area contributed by atoms with Crippen molar-refractivity contribution in [1.29, 1.82) is 0 Å². The maximum atomic E-state index is 12.0. The summed E-state index contributed by atoms with van der Waals surface area (Å²) < 4.78 is 5.66. The van der Waals surface area contributed by atoms with Crippen LogP contribution in [0.4, 0.5) is 0 Å². The lowest BCUT2D eigenvalue weighted by Crippen LogP contribution is -2.16. The summed E-state index contributed by atoms with van der Waals surface area (Å²) in [7, 11) is 0. The van der Waals surface area contributed by atoms with Crippen molar-refractivity contribution in [3.8, 4) is 11.5 Å². The molecule has 0 aromatic heterocycles. The van der Waals surface area contributed by atoms with Gasteiger partial charge in [0.1, 0.15) is 11.5 Å².